The second-order valence-electron chi connectivity index (χ2n) is 5.71. The molecule has 3 aromatic rings. The van der Waals surface area contributed by atoms with Gasteiger partial charge in [0.05, 0.1) is 4.91 Å². The molecule has 0 unspecified atom stereocenters. The van der Waals surface area contributed by atoms with E-state index in [0.717, 1.165) is 28.0 Å². The van der Waals surface area contributed by atoms with E-state index in [2.05, 4.69) is 28.2 Å². The van der Waals surface area contributed by atoms with Crippen molar-refractivity contribution in [3.05, 3.63) is 75.8 Å². The minimum Gasteiger partial charge on any atom is -0.342 e. The number of rotatable bonds is 3. The SMILES string of the molecule is O=C1NC(=S)S/C1=C\c1cn(Cc2ccc(Cl)cc2)c2ccccc12. The first-order chi connectivity index (χ1) is 12.1. The van der Waals surface area contributed by atoms with Gasteiger partial charge in [-0.1, -0.05) is 65.9 Å². The van der Waals surface area contributed by atoms with Gasteiger partial charge in [-0.2, -0.15) is 0 Å². The van der Waals surface area contributed by atoms with Crippen LogP contribution in [-0.2, 0) is 11.3 Å². The first kappa shape index (κ1) is 16.4. The van der Waals surface area contributed by atoms with E-state index in [4.69, 9.17) is 23.8 Å². The monoisotopic (exact) mass is 384 g/mol. The molecule has 1 amide bonds. The Kier molecular flexibility index (Phi) is 4.37. The van der Waals surface area contributed by atoms with Crippen LogP contribution in [0.3, 0.4) is 0 Å². The lowest BCUT2D eigenvalue weighted by Crippen LogP contribution is -2.17. The van der Waals surface area contributed by atoms with Crippen molar-refractivity contribution < 1.29 is 4.79 Å². The number of hydrogen-bond donors (Lipinski definition) is 1. The van der Waals surface area contributed by atoms with Crippen molar-refractivity contribution in [3.63, 3.8) is 0 Å². The molecule has 0 spiro atoms. The van der Waals surface area contributed by atoms with Crippen molar-refractivity contribution in [2.24, 2.45) is 0 Å². The van der Waals surface area contributed by atoms with Crippen LogP contribution in [0.25, 0.3) is 17.0 Å². The number of amides is 1. The average molecular weight is 385 g/mol. The number of benzene rings is 2. The molecule has 1 aliphatic heterocycles. The van der Waals surface area contributed by atoms with Crippen LogP contribution in [0.1, 0.15) is 11.1 Å². The lowest BCUT2D eigenvalue weighted by molar-refractivity contribution is -0.115. The summed E-state index contributed by atoms with van der Waals surface area (Å²) in [6.45, 7) is 0.735. The summed E-state index contributed by atoms with van der Waals surface area (Å²) in [5.41, 5.74) is 3.29. The first-order valence-corrected chi connectivity index (χ1v) is 9.27. The van der Waals surface area contributed by atoms with Gasteiger partial charge in [0.15, 0.2) is 0 Å². The number of aromatic nitrogens is 1. The van der Waals surface area contributed by atoms with Gasteiger partial charge < -0.3 is 9.88 Å². The van der Waals surface area contributed by atoms with Gasteiger partial charge in [0.2, 0.25) is 0 Å². The molecule has 1 fully saturated rings. The Morgan fingerprint density at radius 3 is 2.64 bits per heavy atom. The van der Waals surface area contributed by atoms with Crippen LogP contribution in [0, 0.1) is 0 Å². The lowest BCUT2D eigenvalue weighted by atomic mass is 10.1. The van der Waals surface area contributed by atoms with E-state index < -0.39 is 0 Å². The summed E-state index contributed by atoms with van der Waals surface area (Å²) in [6.07, 6.45) is 3.97. The van der Waals surface area contributed by atoms with Gasteiger partial charge in [0, 0.05) is 34.2 Å². The topological polar surface area (TPSA) is 34.0 Å². The quantitative estimate of drug-likeness (QED) is 0.518. The standard InChI is InChI=1S/C19H13ClN2OS2/c20-14-7-5-12(6-8-14)10-22-11-13(15-3-1-2-4-16(15)22)9-17-18(23)21-19(24)25-17/h1-9,11H,10H2,(H,21,23,24)/b17-9-. The number of thiocarbonyl (C=S) groups is 1. The highest BCUT2D eigenvalue weighted by Gasteiger charge is 2.22. The fourth-order valence-corrected chi connectivity index (χ4v) is 4.03. The fourth-order valence-electron chi connectivity index (χ4n) is 2.87. The molecule has 0 bridgehead atoms. The number of para-hydroxylation sites is 1. The Labute approximate surface area is 159 Å². The Morgan fingerprint density at radius 2 is 1.92 bits per heavy atom. The third-order valence-corrected chi connectivity index (χ3v) is 5.43. The molecular weight excluding hydrogens is 372 g/mol. The average Bonchev–Trinajstić information content (AvgIpc) is 3.10. The highest BCUT2D eigenvalue weighted by Crippen LogP contribution is 2.30. The number of halogens is 1. The summed E-state index contributed by atoms with van der Waals surface area (Å²) in [5, 5.41) is 4.49. The molecule has 0 atom stereocenters. The van der Waals surface area contributed by atoms with Crippen LogP contribution < -0.4 is 5.32 Å². The zero-order chi connectivity index (χ0) is 17.4. The zero-order valence-corrected chi connectivity index (χ0v) is 15.4. The normalized spacial score (nSPS) is 16.0. The summed E-state index contributed by atoms with van der Waals surface area (Å²) >= 11 is 12.3. The number of carbonyl (C=O) groups excluding carboxylic acids is 1. The molecule has 124 valence electrons. The van der Waals surface area contributed by atoms with Gasteiger partial charge in [0.1, 0.15) is 4.32 Å². The molecule has 4 rings (SSSR count). The van der Waals surface area contributed by atoms with E-state index in [1.165, 1.54) is 17.3 Å². The van der Waals surface area contributed by atoms with Crippen molar-refractivity contribution in [2.45, 2.75) is 6.54 Å². The highest BCUT2D eigenvalue weighted by atomic mass is 35.5. The first-order valence-electron chi connectivity index (χ1n) is 7.67. The van der Waals surface area contributed by atoms with Crippen LogP contribution in [-0.4, -0.2) is 14.8 Å². The van der Waals surface area contributed by atoms with E-state index in [1.807, 2.05) is 42.5 Å². The lowest BCUT2D eigenvalue weighted by Gasteiger charge is -2.05. The molecular formula is C19H13ClN2OS2. The molecule has 0 aliphatic carbocycles. The summed E-state index contributed by atoms with van der Waals surface area (Å²) < 4.78 is 2.68. The van der Waals surface area contributed by atoms with Crippen LogP contribution in [0.4, 0.5) is 0 Å². The predicted octanol–water partition coefficient (Wildman–Crippen LogP) is 4.83. The Hall–Kier alpha value is -2.08. The van der Waals surface area contributed by atoms with E-state index in [0.29, 0.717) is 9.23 Å². The summed E-state index contributed by atoms with van der Waals surface area (Å²) in [7, 11) is 0. The molecule has 1 aliphatic rings. The maximum Gasteiger partial charge on any atom is 0.263 e. The van der Waals surface area contributed by atoms with Crippen LogP contribution in [0.2, 0.25) is 5.02 Å². The number of nitrogens with one attached hydrogen (secondary N) is 1. The largest absolute Gasteiger partial charge is 0.342 e. The summed E-state index contributed by atoms with van der Waals surface area (Å²) in [5.74, 6) is -0.135. The van der Waals surface area contributed by atoms with Crippen molar-refractivity contribution in [1.82, 2.24) is 9.88 Å². The minimum atomic E-state index is -0.135. The molecule has 6 heteroatoms. The van der Waals surface area contributed by atoms with Gasteiger partial charge in [-0.15, -0.1) is 0 Å². The van der Waals surface area contributed by atoms with Gasteiger partial charge in [-0.05, 0) is 29.8 Å². The molecule has 2 heterocycles. The molecule has 2 aromatic carbocycles. The fraction of sp³-hybridized carbons (Fsp3) is 0.0526. The van der Waals surface area contributed by atoms with Gasteiger partial charge in [-0.3, -0.25) is 4.79 Å². The van der Waals surface area contributed by atoms with E-state index in [9.17, 15) is 4.79 Å². The molecule has 1 saturated heterocycles. The predicted molar refractivity (Wildman–Crippen MR) is 109 cm³/mol. The van der Waals surface area contributed by atoms with Crippen molar-refractivity contribution in [2.75, 3.05) is 0 Å². The Morgan fingerprint density at radius 1 is 1.16 bits per heavy atom. The van der Waals surface area contributed by atoms with Crippen LogP contribution in [0.15, 0.2) is 59.6 Å². The molecule has 1 N–H and O–H groups in total. The number of hydrogen-bond acceptors (Lipinski definition) is 3. The third kappa shape index (κ3) is 3.35. The van der Waals surface area contributed by atoms with Gasteiger partial charge >= 0.3 is 0 Å². The molecule has 1 aromatic heterocycles. The van der Waals surface area contributed by atoms with Crippen molar-refractivity contribution in [3.8, 4) is 0 Å². The van der Waals surface area contributed by atoms with Crippen molar-refractivity contribution >= 4 is 62.8 Å². The number of nitrogens with zero attached hydrogens (tertiary/aromatic N) is 1. The van der Waals surface area contributed by atoms with Crippen LogP contribution >= 0.6 is 35.6 Å². The Balaban J connectivity index is 1.76. The van der Waals surface area contributed by atoms with Gasteiger partial charge in [0.25, 0.3) is 5.91 Å². The van der Waals surface area contributed by atoms with E-state index >= 15 is 0 Å². The van der Waals surface area contributed by atoms with Crippen molar-refractivity contribution in [1.29, 1.82) is 0 Å². The van der Waals surface area contributed by atoms with Crippen LogP contribution in [0.5, 0.6) is 0 Å². The van der Waals surface area contributed by atoms with E-state index in [-0.39, 0.29) is 5.91 Å². The second kappa shape index (κ2) is 6.67. The summed E-state index contributed by atoms with van der Waals surface area (Å²) in [4.78, 5) is 12.6. The molecule has 3 nitrogen and oxygen atoms in total. The number of thioether (sulfide) groups is 1. The number of carbonyl (C=O) groups is 1. The third-order valence-electron chi connectivity index (χ3n) is 4.01. The summed E-state index contributed by atoms with van der Waals surface area (Å²) in [6, 6.07) is 16.0. The second-order valence-corrected chi connectivity index (χ2v) is 7.86. The van der Waals surface area contributed by atoms with Gasteiger partial charge in [-0.25, -0.2) is 0 Å². The molecule has 25 heavy (non-hydrogen) atoms. The number of fused-ring (bicyclic) bond motifs is 1. The maximum absolute atomic E-state index is 11.9. The van der Waals surface area contributed by atoms with E-state index in [1.54, 1.807) is 0 Å². The maximum atomic E-state index is 11.9. The Bertz CT molecular complexity index is 1020. The zero-order valence-electron chi connectivity index (χ0n) is 13.0. The molecule has 0 radical (unpaired) electrons. The molecule has 0 saturated carbocycles. The highest BCUT2D eigenvalue weighted by molar-refractivity contribution is 8.26. The smallest absolute Gasteiger partial charge is 0.263 e. The minimum absolute atomic E-state index is 0.135.